The Kier molecular flexibility index (Phi) is 5.48. The molecule has 0 amide bonds. The maximum Gasteiger partial charge on any atom is 0.122 e. The predicted octanol–water partition coefficient (Wildman–Crippen LogP) is 2.79. The molecule has 1 rings (SSSR count). The van der Waals surface area contributed by atoms with Gasteiger partial charge in [0.1, 0.15) is 11.5 Å². The first-order valence-corrected chi connectivity index (χ1v) is 6.47. The second-order valence-electron chi connectivity index (χ2n) is 5.26. The first-order valence-electron chi connectivity index (χ1n) is 6.47. The average molecular weight is 251 g/mol. The molecule has 0 aliphatic rings. The number of methoxy groups -OCH3 is 2. The summed E-state index contributed by atoms with van der Waals surface area (Å²) in [6, 6.07) is 4.25. The van der Waals surface area contributed by atoms with E-state index in [-0.39, 0.29) is 6.04 Å². The highest BCUT2D eigenvalue weighted by molar-refractivity contribution is 5.47. The molecule has 0 saturated heterocycles. The van der Waals surface area contributed by atoms with Crippen molar-refractivity contribution in [2.75, 3.05) is 14.2 Å². The van der Waals surface area contributed by atoms with E-state index in [1.807, 2.05) is 6.92 Å². The van der Waals surface area contributed by atoms with Crippen LogP contribution >= 0.6 is 0 Å². The lowest BCUT2D eigenvalue weighted by atomic mass is 9.97. The summed E-state index contributed by atoms with van der Waals surface area (Å²) >= 11 is 0. The van der Waals surface area contributed by atoms with Crippen molar-refractivity contribution in [3.63, 3.8) is 0 Å². The average Bonchev–Trinajstić information content (AvgIpc) is 2.29. The highest BCUT2D eigenvalue weighted by Crippen LogP contribution is 2.31. The summed E-state index contributed by atoms with van der Waals surface area (Å²) in [5, 5.41) is 0. The van der Waals surface area contributed by atoms with Crippen LogP contribution in [0.2, 0.25) is 0 Å². The Morgan fingerprint density at radius 3 is 1.72 bits per heavy atom. The molecule has 0 bridgehead atoms. The second kappa shape index (κ2) is 6.64. The van der Waals surface area contributed by atoms with Gasteiger partial charge >= 0.3 is 0 Å². The van der Waals surface area contributed by atoms with E-state index in [1.165, 1.54) is 5.56 Å². The van der Waals surface area contributed by atoms with Gasteiger partial charge in [0, 0.05) is 6.04 Å². The van der Waals surface area contributed by atoms with Crippen molar-refractivity contribution in [2.45, 2.75) is 39.7 Å². The number of hydrogen-bond donors (Lipinski definition) is 1. The topological polar surface area (TPSA) is 44.5 Å². The third-order valence-electron chi connectivity index (χ3n) is 2.85. The zero-order valence-electron chi connectivity index (χ0n) is 12.1. The smallest absolute Gasteiger partial charge is 0.122 e. The van der Waals surface area contributed by atoms with E-state index in [2.05, 4.69) is 26.0 Å². The molecule has 1 aromatic carbocycles. The Labute approximate surface area is 110 Å². The Morgan fingerprint density at radius 2 is 1.39 bits per heavy atom. The molecule has 0 fully saturated rings. The van der Waals surface area contributed by atoms with Crippen LogP contribution in [0.5, 0.6) is 11.5 Å². The number of benzene rings is 1. The van der Waals surface area contributed by atoms with Crippen LogP contribution in [0.1, 0.15) is 31.9 Å². The molecule has 3 nitrogen and oxygen atoms in total. The molecule has 0 aliphatic heterocycles. The van der Waals surface area contributed by atoms with E-state index in [0.717, 1.165) is 29.9 Å². The molecular weight excluding hydrogens is 226 g/mol. The fourth-order valence-corrected chi connectivity index (χ4v) is 2.13. The normalized spacial score (nSPS) is 12.6. The van der Waals surface area contributed by atoms with Crippen LogP contribution in [0, 0.1) is 5.92 Å². The van der Waals surface area contributed by atoms with Gasteiger partial charge < -0.3 is 15.2 Å². The summed E-state index contributed by atoms with van der Waals surface area (Å²) < 4.78 is 10.9. The van der Waals surface area contributed by atoms with Gasteiger partial charge in [-0.25, -0.2) is 0 Å². The van der Waals surface area contributed by atoms with Crippen molar-refractivity contribution < 1.29 is 9.47 Å². The third kappa shape index (κ3) is 3.91. The maximum atomic E-state index is 5.86. The zero-order valence-corrected chi connectivity index (χ0v) is 12.1. The number of hydrogen-bond acceptors (Lipinski definition) is 3. The summed E-state index contributed by atoms with van der Waals surface area (Å²) in [6.07, 6.45) is 1.78. The minimum atomic E-state index is 0.111. The number of nitrogens with two attached hydrogens (primary N) is 1. The first kappa shape index (κ1) is 14.8. The van der Waals surface area contributed by atoms with Gasteiger partial charge in [-0.05, 0) is 48.9 Å². The molecular formula is C15H25NO2. The molecule has 0 radical (unpaired) electrons. The lowest BCUT2D eigenvalue weighted by Crippen LogP contribution is -2.18. The van der Waals surface area contributed by atoms with Gasteiger partial charge in [-0.2, -0.15) is 0 Å². The maximum absolute atomic E-state index is 5.86. The van der Waals surface area contributed by atoms with Crippen LogP contribution in [0.4, 0.5) is 0 Å². The van der Waals surface area contributed by atoms with Gasteiger partial charge in [0.25, 0.3) is 0 Å². The van der Waals surface area contributed by atoms with Gasteiger partial charge in [0.05, 0.1) is 14.2 Å². The number of ether oxygens (including phenoxy) is 2. The van der Waals surface area contributed by atoms with Gasteiger partial charge in [-0.3, -0.25) is 0 Å². The Balaban J connectivity index is 3.14. The molecule has 0 heterocycles. The molecule has 0 spiro atoms. The Bertz CT molecular complexity index is 349. The molecule has 0 aromatic heterocycles. The fraction of sp³-hybridized carbons (Fsp3) is 0.600. The van der Waals surface area contributed by atoms with E-state index in [9.17, 15) is 0 Å². The minimum Gasteiger partial charge on any atom is -0.496 e. The minimum absolute atomic E-state index is 0.111. The number of rotatable bonds is 6. The van der Waals surface area contributed by atoms with Crippen molar-refractivity contribution in [1.29, 1.82) is 0 Å². The summed E-state index contributed by atoms with van der Waals surface area (Å²) in [6.45, 7) is 6.39. The lowest BCUT2D eigenvalue weighted by Gasteiger charge is -2.17. The van der Waals surface area contributed by atoms with Crippen LogP contribution < -0.4 is 15.2 Å². The summed E-state index contributed by atoms with van der Waals surface area (Å²) in [5.41, 5.74) is 8.16. The summed E-state index contributed by atoms with van der Waals surface area (Å²) in [7, 11) is 3.41. The first-order chi connectivity index (χ1) is 8.47. The van der Waals surface area contributed by atoms with Crippen molar-refractivity contribution in [3.8, 4) is 11.5 Å². The molecule has 1 atom stereocenters. The van der Waals surface area contributed by atoms with E-state index >= 15 is 0 Å². The van der Waals surface area contributed by atoms with Gasteiger partial charge in [-0.15, -0.1) is 0 Å². The van der Waals surface area contributed by atoms with Crippen molar-refractivity contribution in [1.82, 2.24) is 0 Å². The molecule has 18 heavy (non-hydrogen) atoms. The van der Waals surface area contributed by atoms with Crippen LogP contribution in [0.25, 0.3) is 0 Å². The molecule has 0 unspecified atom stereocenters. The highest BCUT2D eigenvalue weighted by Gasteiger charge is 2.13. The van der Waals surface area contributed by atoms with Crippen LogP contribution in [0.15, 0.2) is 12.1 Å². The second-order valence-corrected chi connectivity index (χ2v) is 5.26. The van der Waals surface area contributed by atoms with Crippen LogP contribution in [-0.4, -0.2) is 20.3 Å². The van der Waals surface area contributed by atoms with Crippen LogP contribution in [0.3, 0.4) is 0 Å². The SMILES string of the molecule is COc1cc(C[C@H](C)N)c(OC)cc1CC(C)C. The van der Waals surface area contributed by atoms with Crippen molar-refractivity contribution in [3.05, 3.63) is 23.3 Å². The van der Waals surface area contributed by atoms with Crippen molar-refractivity contribution >= 4 is 0 Å². The zero-order chi connectivity index (χ0) is 13.7. The van der Waals surface area contributed by atoms with E-state index in [4.69, 9.17) is 15.2 Å². The molecule has 1 aromatic rings. The van der Waals surface area contributed by atoms with Gasteiger partial charge in [-0.1, -0.05) is 13.8 Å². The Hall–Kier alpha value is -1.22. The van der Waals surface area contributed by atoms with E-state index in [1.54, 1.807) is 14.2 Å². The molecule has 102 valence electrons. The fourth-order valence-electron chi connectivity index (χ4n) is 2.13. The van der Waals surface area contributed by atoms with Crippen LogP contribution in [-0.2, 0) is 12.8 Å². The van der Waals surface area contributed by atoms with Gasteiger partial charge in [0.15, 0.2) is 0 Å². The predicted molar refractivity (Wildman–Crippen MR) is 75.4 cm³/mol. The monoisotopic (exact) mass is 251 g/mol. The standard InChI is InChI=1S/C15H25NO2/c1-10(2)6-12-8-15(18-5)13(7-11(3)16)9-14(12)17-4/h8-11H,6-7,16H2,1-5H3/t11-/m0/s1. The van der Waals surface area contributed by atoms with Crippen molar-refractivity contribution in [2.24, 2.45) is 11.7 Å². The van der Waals surface area contributed by atoms with Gasteiger partial charge in [0.2, 0.25) is 0 Å². The summed E-state index contributed by atoms with van der Waals surface area (Å²) in [5.74, 6) is 2.42. The van der Waals surface area contributed by atoms with E-state index in [0.29, 0.717) is 5.92 Å². The third-order valence-corrected chi connectivity index (χ3v) is 2.85. The lowest BCUT2D eigenvalue weighted by molar-refractivity contribution is 0.391. The molecule has 3 heteroatoms. The quantitative estimate of drug-likeness (QED) is 0.845. The molecule has 0 aliphatic carbocycles. The Morgan fingerprint density at radius 1 is 0.944 bits per heavy atom. The molecule has 0 saturated carbocycles. The van der Waals surface area contributed by atoms with E-state index < -0.39 is 0 Å². The largest absolute Gasteiger partial charge is 0.496 e. The summed E-state index contributed by atoms with van der Waals surface area (Å²) in [4.78, 5) is 0. The highest BCUT2D eigenvalue weighted by atomic mass is 16.5. The molecule has 2 N–H and O–H groups in total.